The molecule has 0 radical (unpaired) electrons. The van der Waals surface area contributed by atoms with Crippen LogP contribution in [-0.2, 0) is 45.1 Å². The molecule has 0 bridgehead atoms. The van der Waals surface area contributed by atoms with Gasteiger partial charge >= 0.3 is 11.8 Å². The Labute approximate surface area is 266 Å². The molecule has 0 spiro atoms. The maximum absolute atomic E-state index is 12.5. The van der Waals surface area contributed by atoms with Crippen molar-refractivity contribution in [3.05, 3.63) is 115 Å². The van der Waals surface area contributed by atoms with E-state index in [1.807, 2.05) is 39.0 Å². The van der Waals surface area contributed by atoms with Crippen molar-refractivity contribution in [3.8, 4) is 11.9 Å². The van der Waals surface area contributed by atoms with E-state index >= 15 is 0 Å². The van der Waals surface area contributed by atoms with Crippen molar-refractivity contribution in [2.45, 2.75) is 45.4 Å². The van der Waals surface area contributed by atoms with Crippen LogP contribution >= 0.6 is 0 Å². The third-order valence-corrected chi connectivity index (χ3v) is 7.73. The van der Waals surface area contributed by atoms with Gasteiger partial charge in [-0.2, -0.15) is 5.26 Å². The first-order valence-electron chi connectivity index (χ1n) is 14.3. The van der Waals surface area contributed by atoms with E-state index in [1.54, 1.807) is 6.08 Å². The van der Waals surface area contributed by atoms with E-state index in [0.29, 0.717) is 22.6 Å². The molecular formula is C34H36N4O8. The van der Waals surface area contributed by atoms with Crippen LogP contribution in [0.4, 0.5) is 4.79 Å². The first-order chi connectivity index (χ1) is 21.6. The van der Waals surface area contributed by atoms with E-state index in [1.165, 1.54) is 38.4 Å². The molecule has 1 aromatic heterocycles. The Morgan fingerprint density at radius 1 is 1.13 bits per heavy atom. The molecule has 240 valence electrons. The summed E-state index contributed by atoms with van der Waals surface area (Å²) >= 11 is 0. The van der Waals surface area contributed by atoms with Gasteiger partial charge in [-0.25, -0.2) is 9.59 Å². The Hall–Kier alpha value is -5.70. The number of hydrogen-bond acceptors (Lipinski definition) is 9. The molecule has 1 N–H and O–H groups in total. The minimum Gasteiger partial charge on any atom is -0.494 e. The molecule has 0 atom stereocenters. The molecule has 1 aliphatic heterocycles. The molecule has 1 aromatic carbocycles. The van der Waals surface area contributed by atoms with Gasteiger partial charge < -0.3 is 9.84 Å². The van der Waals surface area contributed by atoms with E-state index in [2.05, 4.69) is 19.2 Å². The van der Waals surface area contributed by atoms with Gasteiger partial charge in [-0.3, -0.25) is 28.4 Å². The van der Waals surface area contributed by atoms with Crippen LogP contribution in [0.15, 0.2) is 82.0 Å². The number of benzene rings is 1. The fourth-order valence-electron chi connectivity index (χ4n) is 4.74. The van der Waals surface area contributed by atoms with Crippen molar-refractivity contribution in [1.82, 2.24) is 14.2 Å². The molecule has 2 heterocycles. The van der Waals surface area contributed by atoms with Crippen molar-refractivity contribution in [1.29, 1.82) is 5.26 Å². The predicted octanol–water partition coefficient (Wildman–Crippen LogP) is 3.97. The Morgan fingerprint density at radius 2 is 1.78 bits per heavy atom. The predicted molar refractivity (Wildman–Crippen MR) is 170 cm³/mol. The number of amides is 2. The molecule has 1 fully saturated rings. The smallest absolute Gasteiger partial charge is 0.494 e. The Bertz CT molecular complexity index is 1850. The molecule has 0 unspecified atom stereocenters. The van der Waals surface area contributed by atoms with Crippen LogP contribution in [0.2, 0.25) is 0 Å². The fraction of sp³-hybridized carbons (Fsp3) is 0.294. The molecule has 12 heteroatoms. The lowest BCUT2D eigenvalue weighted by atomic mass is 9.75. The third kappa shape index (κ3) is 7.50. The number of rotatable bonds is 11. The molecule has 46 heavy (non-hydrogen) atoms. The fourth-order valence-corrected chi connectivity index (χ4v) is 4.74. The van der Waals surface area contributed by atoms with Crippen LogP contribution in [0.25, 0.3) is 6.08 Å². The molecule has 2 aromatic rings. The minimum atomic E-state index is -1.14. The molecule has 3 rings (SSSR count). The van der Waals surface area contributed by atoms with Crippen molar-refractivity contribution >= 4 is 24.0 Å². The first-order valence-corrected chi connectivity index (χ1v) is 14.3. The van der Waals surface area contributed by atoms with Crippen LogP contribution in [0.3, 0.4) is 0 Å². The zero-order valence-electron chi connectivity index (χ0n) is 26.5. The number of allylic oxidation sites excluding steroid dienone is 7. The van der Waals surface area contributed by atoms with Gasteiger partial charge in [0.15, 0.2) is 0 Å². The van der Waals surface area contributed by atoms with Crippen LogP contribution in [0.1, 0.15) is 48.9 Å². The Balaban J connectivity index is 1.78. The molecule has 2 amide bonds. The summed E-state index contributed by atoms with van der Waals surface area (Å²) in [5.74, 6) is -1.68. The summed E-state index contributed by atoms with van der Waals surface area (Å²) in [4.78, 5) is 64.4. The number of aromatic hydroxyl groups is 1. The van der Waals surface area contributed by atoms with Gasteiger partial charge in [0.25, 0.3) is 17.4 Å². The number of hydrogen-bond donors (Lipinski definition) is 1. The van der Waals surface area contributed by atoms with Crippen LogP contribution < -0.4 is 11.2 Å². The molecule has 0 saturated carbocycles. The Morgan fingerprint density at radius 3 is 2.39 bits per heavy atom. The zero-order valence-corrected chi connectivity index (χ0v) is 26.5. The van der Waals surface area contributed by atoms with Crippen molar-refractivity contribution in [2.24, 2.45) is 14.1 Å². The number of carbonyl (C=O) groups excluding carboxylic acids is 3. The summed E-state index contributed by atoms with van der Waals surface area (Å²) in [5, 5.41) is 20.6. The maximum Gasteiger partial charge on any atom is 0.533 e. The average Bonchev–Trinajstić information content (AvgIpc) is 3.34. The van der Waals surface area contributed by atoms with E-state index in [0.717, 1.165) is 25.8 Å². The highest BCUT2D eigenvalue weighted by Crippen LogP contribution is 2.35. The lowest BCUT2D eigenvalue weighted by molar-refractivity contribution is -0.177. The van der Waals surface area contributed by atoms with Crippen LogP contribution in [0, 0.1) is 18.3 Å². The Kier molecular flexibility index (Phi) is 10.9. The summed E-state index contributed by atoms with van der Waals surface area (Å²) in [5.41, 5.74) is 2.04. The number of nitriles is 1. The lowest BCUT2D eigenvalue weighted by Crippen LogP contribution is -2.37. The van der Waals surface area contributed by atoms with Gasteiger partial charge in [-0.15, -0.1) is 0 Å². The number of carbonyl (C=O) groups is 3. The van der Waals surface area contributed by atoms with E-state index < -0.39 is 40.5 Å². The number of nitrogens with zero attached hydrogens (tertiary/aromatic N) is 4. The lowest BCUT2D eigenvalue weighted by Gasteiger charge is -2.29. The molecule has 1 aliphatic rings. The zero-order chi connectivity index (χ0) is 34.3. The van der Waals surface area contributed by atoms with Gasteiger partial charge in [0.1, 0.15) is 5.56 Å². The second kappa shape index (κ2) is 14.4. The second-order valence-corrected chi connectivity index (χ2v) is 11.1. The SMILES string of the molecule is C=CC(=C\C(=C)C(C)(C)c1cc(CCOC(=O)ON2C(=O)CCC2=O)ccc1C)/C(C#N)=C/C=C/c1c(O)n(C)c(=O)n(C)c1=O. The van der Waals surface area contributed by atoms with Gasteiger partial charge in [0, 0.05) is 38.8 Å². The van der Waals surface area contributed by atoms with E-state index in [9.17, 15) is 34.3 Å². The van der Waals surface area contributed by atoms with Crippen molar-refractivity contribution < 1.29 is 29.1 Å². The largest absolute Gasteiger partial charge is 0.533 e. The molecule has 1 saturated heterocycles. The minimum absolute atomic E-state index is 0.0139. The quantitative estimate of drug-likeness (QED) is 0.168. The number of aryl methyl sites for hydroxylation is 1. The van der Waals surface area contributed by atoms with Crippen LogP contribution in [-0.4, -0.2) is 43.9 Å². The number of imide groups is 1. The highest BCUT2D eigenvalue weighted by Gasteiger charge is 2.33. The normalized spacial score (nSPS) is 14.0. The summed E-state index contributed by atoms with van der Waals surface area (Å²) in [6.07, 6.45) is 6.62. The van der Waals surface area contributed by atoms with Gasteiger partial charge in [-0.05, 0) is 46.9 Å². The first kappa shape index (κ1) is 34.8. The molecule has 0 aliphatic carbocycles. The average molecular weight is 629 g/mol. The number of ether oxygens (including phenoxy) is 1. The maximum atomic E-state index is 12.5. The number of aromatic nitrogens is 2. The van der Waals surface area contributed by atoms with E-state index in [-0.39, 0.29) is 30.6 Å². The molecular weight excluding hydrogens is 592 g/mol. The van der Waals surface area contributed by atoms with Crippen molar-refractivity contribution in [2.75, 3.05) is 6.61 Å². The van der Waals surface area contributed by atoms with Gasteiger partial charge in [0.05, 0.1) is 18.2 Å². The van der Waals surface area contributed by atoms with Gasteiger partial charge in [0.2, 0.25) is 5.88 Å². The third-order valence-electron chi connectivity index (χ3n) is 7.73. The highest BCUT2D eigenvalue weighted by molar-refractivity contribution is 6.01. The second-order valence-electron chi connectivity index (χ2n) is 11.1. The summed E-state index contributed by atoms with van der Waals surface area (Å²) < 4.78 is 6.88. The standard InChI is InChI=1S/C34H36N4O8/c1-8-24(25(20-35)10-9-11-26-30(41)36(6)32(43)37(7)31(26)42)18-22(3)34(4,5)27-19-23(13-12-21(27)2)16-17-45-33(44)46-38-28(39)14-15-29(38)40/h8-13,18-19,41H,1,3,14-17H2,2,4-7H3/b11-9+,24-18+,25-10+. The summed E-state index contributed by atoms with van der Waals surface area (Å²) in [6.45, 7) is 14.0. The summed E-state index contributed by atoms with van der Waals surface area (Å²) in [6, 6.07) is 7.90. The number of hydroxylamine groups is 2. The monoisotopic (exact) mass is 628 g/mol. The highest BCUT2D eigenvalue weighted by atomic mass is 16.8. The topological polar surface area (TPSA) is 161 Å². The molecule has 12 nitrogen and oxygen atoms in total. The summed E-state index contributed by atoms with van der Waals surface area (Å²) in [7, 11) is 2.64. The van der Waals surface area contributed by atoms with Crippen LogP contribution in [0.5, 0.6) is 5.88 Å². The van der Waals surface area contributed by atoms with Gasteiger partial charge in [-0.1, -0.05) is 68.5 Å². The van der Waals surface area contributed by atoms with Crippen molar-refractivity contribution in [3.63, 3.8) is 0 Å². The van der Waals surface area contributed by atoms with E-state index in [4.69, 9.17) is 9.57 Å².